The molecule has 1 unspecified atom stereocenters. The zero-order chi connectivity index (χ0) is 13.2. The van der Waals surface area contributed by atoms with Crippen molar-refractivity contribution in [1.82, 2.24) is 9.88 Å². The fraction of sp³-hybridized carbons (Fsp3) is 0.692. The number of nitrogens with zero attached hydrogens (tertiary/aromatic N) is 2. The lowest BCUT2D eigenvalue weighted by Crippen LogP contribution is -2.30. The van der Waals surface area contributed by atoms with Gasteiger partial charge in [-0.25, -0.2) is 4.98 Å². The van der Waals surface area contributed by atoms with Crippen LogP contribution in [0.5, 0.6) is 0 Å². The van der Waals surface area contributed by atoms with E-state index in [1.807, 2.05) is 20.8 Å². The van der Waals surface area contributed by atoms with Gasteiger partial charge in [0.15, 0.2) is 6.39 Å². The molecule has 0 aliphatic carbocycles. The predicted octanol–water partition coefficient (Wildman–Crippen LogP) is 1.84. The summed E-state index contributed by atoms with van der Waals surface area (Å²) in [7, 11) is 0. The van der Waals surface area contributed by atoms with Gasteiger partial charge in [-0.2, -0.15) is 0 Å². The number of likely N-dealkylation sites (tertiary alicyclic amines) is 1. The van der Waals surface area contributed by atoms with Gasteiger partial charge >= 0.3 is 5.97 Å². The van der Waals surface area contributed by atoms with Gasteiger partial charge in [0.1, 0.15) is 11.4 Å². The molecule has 1 saturated heterocycles. The standard InChI is InChI=1S/C13H20N2O3/c1-13(2,3)18-12(16)10-4-5-15(7-10)8-11-6-14-9-17-11/h6,9-10H,4-5,7-8H2,1-3H3. The van der Waals surface area contributed by atoms with Gasteiger partial charge in [0, 0.05) is 6.54 Å². The van der Waals surface area contributed by atoms with Gasteiger partial charge in [0.05, 0.1) is 18.7 Å². The Balaban J connectivity index is 1.83. The molecule has 2 heterocycles. The number of ether oxygens (including phenoxy) is 1. The molecule has 1 aromatic heterocycles. The normalized spacial score (nSPS) is 21.2. The van der Waals surface area contributed by atoms with Crippen LogP contribution in [0.15, 0.2) is 17.0 Å². The van der Waals surface area contributed by atoms with E-state index in [0.717, 1.165) is 25.3 Å². The summed E-state index contributed by atoms with van der Waals surface area (Å²) in [5.74, 6) is 0.717. The SMILES string of the molecule is CC(C)(C)OC(=O)C1CCN(Cc2cnco2)C1. The molecule has 100 valence electrons. The maximum absolute atomic E-state index is 11.9. The lowest BCUT2D eigenvalue weighted by molar-refractivity contribution is -0.159. The maximum atomic E-state index is 11.9. The van der Waals surface area contributed by atoms with E-state index in [0.29, 0.717) is 6.54 Å². The highest BCUT2D eigenvalue weighted by Gasteiger charge is 2.32. The average molecular weight is 252 g/mol. The summed E-state index contributed by atoms with van der Waals surface area (Å²) < 4.78 is 10.6. The molecule has 0 amide bonds. The molecular weight excluding hydrogens is 232 g/mol. The van der Waals surface area contributed by atoms with Crippen LogP contribution < -0.4 is 0 Å². The van der Waals surface area contributed by atoms with Gasteiger partial charge in [-0.15, -0.1) is 0 Å². The molecule has 0 N–H and O–H groups in total. The van der Waals surface area contributed by atoms with Crippen LogP contribution in [-0.4, -0.2) is 34.5 Å². The Hall–Kier alpha value is -1.36. The summed E-state index contributed by atoms with van der Waals surface area (Å²) in [5, 5.41) is 0. The minimum Gasteiger partial charge on any atom is -0.460 e. The predicted molar refractivity (Wildman–Crippen MR) is 65.7 cm³/mol. The second kappa shape index (κ2) is 5.10. The monoisotopic (exact) mass is 252 g/mol. The first-order valence-corrected chi connectivity index (χ1v) is 6.26. The molecular formula is C13H20N2O3. The Morgan fingerprint density at radius 1 is 1.61 bits per heavy atom. The molecule has 1 aromatic rings. The van der Waals surface area contributed by atoms with E-state index in [9.17, 15) is 4.79 Å². The Kier molecular flexibility index (Phi) is 3.71. The average Bonchev–Trinajstić information content (AvgIpc) is 2.86. The van der Waals surface area contributed by atoms with Crippen LogP contribution in [0.2, 0.25) is 0 Å². The van der Waals surface area contributed by atoms with Crippen LogP contribution in [-0.2, 0) is 16.1 Å². The van der Waals surface area contributed by atoms with E-state index < -0.39 is 5.60 Å². The minimum absolute atomic E-state index is 0.0212. The van der Waals surface area contributed by atoms with Crippen LogP contribution in [0.3, 0.4) is 0 Å². The summed E-state index contributed by atoms with van der Waals surface area (Å²) >= 11 is 0. The van der Waals surface area contributed by atoms with Crippen LogP contribution in [0.4, 0.5) is 0 Å². The number of carbonyl (C=O) groups is 1. The van der Waals surface area contributed by atoms with E-state index in [4.69, 9.17) is 9.15 Å². The van der Waals surface area contributed by atoms with Crippen molar-refractivity contribution < 1.29 is 13.9 Å². The van der Waals surface area contributed by atoms with Crippen molar-refractivity contribution in [1.29, 1.82) is 0 Å². The van der Waals surface area contributed by atoms with Crippen molar-refractivity contribution in [3.8, 4) is 0 Å². The summed E-state index contributed by atoms with van der Waals surface area (Å²) in [4.78, 5) is 18.0. The number of hydrogen-bond acceptors (Lipinski definition) is 5. The molecule has 0 bridgehead atoms. The van der Waals surface area contributed by atoms with Crippen LogP contribution in [0.25, 0.3) is 0 Å². The van der Waals surface area contributed by atoms with Crippen molar-refractivity contribution in [3.05, 3.63) is 18.4 Å². The molecule has 2 rings (SSSR count). The second-order valence-corrected chi connectivity index (χ2v) is 5.72. The third kappa shape index (κ3) is 3.57. The van der Waals surface area contributed by atoms with E-state index in [-0.39, 0.29) is 11.9 Å². The minimum atomic E-state index is -0.407. The highest BCUT2D eigenvalue weighted by atomic mass is 16.6. The first-order valence-electron chi connectivity index (χ1n) is 6.26. The number of oxazole rings is 1. The van der Waals surface area contributed by atoms with Crippen molar-refractivity contribution in [2.45, 2.75) is 39.3 Å². The lowest BCUT2D eigenvalue weighted by Gasteiger charge is -2.22. The second-order valence-electron chi connectivity index (χ2n) is 5.72. The first kappa shape index (κ1) is 13.1. The smallest absolute Gasteiger partial charge is 0.310 e. The molecule has 0 aromatic carbocycles. The first-order chi connectivity index (χ1) is 8.44. The van der Waals surface area contributed by atoms with Crippen molar-refractivity contribution >= 4 is 5.97 Å². The van der Waals surface area contributed by atoms with Gasteiger partial charge in [-0.1, -0.05) is 0 Å². The highest BCUT2D eigenvalue weighted by molar-refractivity contribution is 5.73. The number of carbonyl (C=O) groups excluding carboxylic acids is 1. The molecule has 0 saturated carbocycles. The van der Waals surface area contributed by atoms with Gasteiger partial charge in [-0.3, -0.25) is 9.69 Å². The molecule has 1 atom stereocenters. The van der Waals surface area contributed by atoms with E-state index in [2.05, 4.69) is 9.88 Å². The van der Waals surface area contributed by atoms with E-state index >= 15 is 0 Å². The number of aromatic nitrogens is 1. The van der Waals surface area contributed by atoms with Crippen molar-refractivity contribution in [2.24, 2.45) is 5.92 Å². The maximum Gasteiger partial charge on any atom is 0.310 e. The van der Waals surface area contributed by atoms with E-state index in [1.54, 1.807) is 6.20 Å². The van der Waals surface area contributed by atoms with E-state index in [1.165, 1.54) is 6.39 Å². The van der Waals surface area contributed by atoms with Gasteiger partial charge in [0.2, 0.25) is 0 Å². The quantitative estimate of drug-likeness (QED) is 0.768. The third-order valence-electron chi connectivity index (χ3n) is 2.88. The van der Waals surface area contributed by atoms with Gasteiger partial charge in [0.25, 0.3) is 0 Å². The summed E-state index contributed by atoms with van der Waals surface area (Å²) in [5.41, 5.74) is -0.407. The highest BCUT2D eigenvalue weighted by Crippen LogP contribution is 2.22. The zero-order valence-electron chi connectivity index (χ0n) is 11.2. The third-order valence-corrected chi connectivity index (χ3v) is 2.88. The molecule has 1 aliphatic heterocycles. The zero-order valence-corrected chi connectivity index (χ0v) is 11.2. The molecule has 0 spiro atoms. The van der Waals surface area contributed by atoms with Gasteiger partial charge in [-0.05, 0) is 33.7 Å². The number of esters is 1. The Bertz CT molecular complexity index is 395. The molecule has 18 heavy (non-hydrogen) atoms. The Labute approximate surface area is 107 Å². The van der Waals surface area contributed by atoms with Crippen molar-refractivity contribution in [3.63, 3.8) is 0 Å². The summed E-state index contributed by atoms with van der Waals surface area (Å²) in [6.07, 6.45) is 3.99. The molecule has 1 fully saturated rings. The summed E-state index contributed by atoms with van der Waals surface area (Å²) in [6.45, 7) is 8.02. The van der Waals surface area contributed by atoms with Crippen LogP contribution in [0.1, 0.15) is 33.0 Å². The largest absolute Gasteiger partial charge is 0.460 e. The topological polar surface area (TPSA) is 55.6 Å². The van der Waals surface area contributed by atoms with Gasteiger partial charge < -0.3 is 9.15 Å². The molecule has 5 nitrogen and oxygen atoms in total. The fourth-order valence-electron chi connectivity index (χ4n) is 2.09. The molecule has 1 aliphatic rings. The number of rotatable bonds is 3. The Morgan fingerprint density at radius 3 is 3.00 bits per heavy atom. The number of hydrogen-bond donors (Lipinski definition) is 0. The molecule has 0 radical (unpaired) electrons. The van der Waals surface area contributed by atoms with Crippen LogP contribution >= 0.6 is 0 Å². The molecule has 5 heteroatoms. The fourth-order valence-corrected chi connectivity index (χ4v) is 2.09. The lowest BCUT2D eigenvalue weighted by atomic mass is 10.1. The Morgan fingerprint density at radius 2 is 2.39 bits per heavy atom. The summed E-state index contributed by atoms with van der Waals surface area (Å²) in [6, 6.07) is 0. The van der Waals surface area contributed by atoms with Crippen LogP contribution in [0, 0.1) is 5.92 Å². The van der Waals surface area contributed by atoms with Crippen molar-refractivity contribution in [2.75, 3.05) is 13.1 Å².